The molecular formula is C15H29NO2S3. The summed E-state index contributed by atoms with van der Waals surface area (Å²) in [6.45, 7) is 3.60. The first-order valence-electron chi connectivity index (χ1n) is 8.17. The summed E-state index contributed by atoms with van der Waals surface area (Å²) >= 11 is 6.42. The van der Waals surface area contributed by atoms with Crippen molar-refractivity contribution in [3.05, 3.63) is 0 Å². The molecule has 1 atom stereocenters. The normalized spacial score (nSPS) is 28.2. The maximum Gasteiger partial charge on any atom is 0.166 e. The predicted molar refractivity (Wildman–Crippen MR) is 96.1 cm³/mol. The standard InChI is InChI=1S/C15H29NO2S3/c1-2-21(17,18)14-11-20-10-9-16(14)12-15(13-19)7-5-3-4-6-8-15/h14,19H,2-13H2,1H3. The van der Waals surface area contributed by atoms with Gasteiger partial charge in [-0.15, -0.1) is 0 Å². The molecule has 3 nitrogen and oxygen atoms in total. The quantitative estimate of drug-likeness (QED) is 0.610. The van der Waals surface area contributed by atoms with E-state index >= 15 is 0 Å². The van der Waals surface area contributed by atoms with E-state index in [1.807, 2.05) is 0 Å². The summed E-state index contributed by atoms with van der Waals surface area (Å²) in [5.41, 5.74) is 0.225. The van der Waals surface area contributed by atoms with Crippen molar-refractivity contribution < 1.29 is 8.42 Å². The van der Waals surface area contributed by atoms with Crippen LogP contribution in [0.1, 0.15) is 45.4 Å². The summed E-state index contributed by atoms with van der Waals surface area (Å²) < 4.78 is 24.8. The van der Waals surface area contributed by atoms with Gasteiger partial charge in [-0.05, 0) is 24.0 Å². The summed E-state index contributed by atoms with van der Waals surface area (Å²) in [6, 6.07) is 0. The van der Waals surface area contributed by atoms with E-state index in [1.54, 1.807) is 18.7 Å². The molecule has 0 bridgehead atoms. The fourth-order valence-corrected chi connectivity index (χ4v) is 7.09. The van der Waals surface area contributed by atoms with Gasteiger partial charge < -0.3 is 0 Å². The minimum Gasteiger partial charge on any atom is -0.285 e. The van der Waals surface area contributed by atoms with Crippen LogP contribution in [0.2, 0.25) is 0 Å². The van der Waals surface area contributed by atoms with Crippen molar-refractivity contribution in [2.75, 3.05) is 36.1 Å². The van der Waals surface area contributed by atoms with Gasteiger partial charge in [0.05, 0.1) is 0 Å². The third kappa shape index (κ3) is 4.55. The number of nitrogens with zero attached hydrogens (tertiary/aromatic N) is 1. The SMILES string of the molecule is CCS(=O)(=O)C1CSCCN1CC1(CS)CCCCCC1. The van der Waals surface area contributed by atoms with E-state index in [1.165, 1.54) is 38.5 Å². The average Bonchev–Trinajstić information content (AvgIpc) is 2.74. The van der Waals surface area contributed by atoms with Crippen molar-refractivity contribution in [2.45, 2.75) is 50.8 Å². The van der Waals surface area contributed by atoms with E-state index in [0.717, 1.165) is 30.3 Å². The minimum absolute atomic E-state index is 0.225. The van der Waals surface area contributed by atoms with Crippen LogP contribution in [0.25, 0.3) is 0 Å². The van der Waals surface area contributed by atoms with Crippen molar-refractivity contribution in [3.63, 3.8) is 0 Å². The number of hydrogen-bond donors (Lipinski definition) is 1. The Hall–Kier alpha value is 0.610. The molecule has 1 heterocycles. The first kappa shape index (κ1) is 18.0. The van der Waals surface area contributed by atoms with Gasteiger partial charge in [-0.1, -0.05) is 32.6 Å². The van der Waals surface area contributed by atoms with Gasteiger partial charge in [-0.2, -0.15) is 24.4 Å². The van der Waals surface area contributed by atoms with E-state index in [2.05, 4.69) is 17.5 Å². The molecule has 6 heteroatoms. The molecule has 1 saturated carbocycles. The Labute approximate surface area is 140 Å². The van der Waals surface area contributed by atoms with E-state index < -0.39 is 9.84 Å². The zero-order chi connectivity index (χ0) is 15.3. The average molecular weight is 352 g/mol. The van der Waals surface area contributed by atoms with Crippen molar-refractivity contribution in [3.8, 4) is 0 Å². The molecule has 0 aromatic heterocycles. The van der Waals surface area contributed by atoms with Crippen LogP contribution in [0.5, 0.6) is 0 Å². The maximum absolute atomic E-state index is 12.4. The molecule has 1 saturated heterocycles. The molecule has 21 heavy (non-hydrogen) atoms. The Bertz CT molecular complexity index is 417. The molecule has 2 rings (SSSR count). The van der Waals surface area contributed by atoms with Gasteiger partial charge in [-0.25, -0.2) is 8.42 Å². The highest BCUT2D eigenvalue weighted by molar-refractivity contribution is 8.01. The third-order valence-corrected chi connectivity index (χ3v) is 9.05. The summed E-state index contributed by atoms with van der Waals surface area (Å²) in [7, 11) is -2.99. The van der Waals surface area contributed by atoms with Crippen LogP contribution in [-0.2, 0) is 9.84 Å². The predicted octanol–water partition coefficient (Wildman–Crippen LogP) is 3.07. The van der Waals surface area contributed by atoms with Crippen molar-refractivity contribution in [1.29, 1.82) is 0 Å². The lowest BCUT2D eigenvalue weighted by Gasteiger charge is -2.42. The van der Waals surface area contributed by atoms with Crippen molar-refractivity contribution >= 4 is 34.2 Å². The molecule has 0 aromatic rings. The number of hydrogen-bond acceptors (Lipinski definition) is 5. The molecule has 0 N–H and O–H groups in total. The highest BCUT2D eigenvalue weighted by Crippen LogP contribution is 2.38. The zero-order valence-electron chi connectivity index (χ0n) is 13.1. The maximum atomic E-state index is 12.4. The van der Waals surface area contributed by atoms with Crippen LogP contribution in [-0.4, -0.2) is 54.8 Å². The second kappa shape index (κ2) is 7.93. The summed E-state index contributed by atoms with van der Waals surface area (Å²) in [4.78, 5) is 2.26. The molecule has 124 valence electrons. The van der Waals surface area contributed by atoms with E-state index in [9.17, 15) is 8.42 Å². The van der Waals surface area contributed by atoms with Gasteiger partial charge in [0.1, 0.15) is 5.37 Å². The lowest BCUT2D eigenvalue weighted by atomic mass is 9.81. The van der Waals surface area contributed by atoms with Crippen LogP contribution in [0.3, 0.4) is 0 Å². The first-order valence-corrected chi connectivity index (χ1v) is 11.7. The monoisotopic (exact) mass is 351 g/mol. The Balaban J connectivity index is 2.13. The van der Waals surface area contributed by atoms with Gasteiger partial charge in [0, 0.05) is 30.3 Å². The molecule has 0 spiro atoms. The van der Waals surface area contributed by atoms with Crippen molar-refractivity contribution in [1.82, 2.24) is 4.90 Å². The van der Waals surface area contributed by atoms with Crippen molar-refractivity contribution in [2.24, 2.45) is 5.41 Å². The number of thioether (sulfide) groups is 1. The Morgan fingerprint density at radius 3 is 2.48 bits per heavy atom. The topological polar surface area (TPSA) is 37.4 Å². The number of rotatable bonds is 5. The molecule has 1 unspecified atom stereocenters. The molecular weight excluding hydrogens is 322 g/mol. The van der Waals surface area contributed by atoms with Gasteiger partial charge in [0.2, 0.25) is 0 Å². The van der Waals surface area contributed by atoms with Gasteiger partial charge in [0.25, 0.3) is 0 Å². The van der Waals surface area contributed by atoms with Crippen LogP contribution >= 0.6 is 24.4 Å². The second-order valence-corrected chi connectivity index (χ2v) is 10.4. The fourth-order valence-electron chi connectivity index (χ4n) is 3.60. The van der Waals surface area contributed by atoms with Crippen LogP contribution < -0.4 is 0 Å². The minimum atomic E-state index is -2.99. The number of thiol groups is 1. The highest BCUT2D eigenvalue weighted by atomic mass is 32.2. The van der Waals surface area contributed by atoms with E-state index in [4.69, 9.17) is 0 Å². The van der Waals surface area contributed by atoms with E-state index in [0.29, 0.717) is 0 Å². The Morgan fingerprint density at radius 2 is 1.90 bits per heavy atom. The molecule has 1 aliphatic carbocycles. The van der Waals surface area contributed by atoms with Crippen LogP contribution in [0, 0.1) is 5.41 Å². The lowest BCUT2D eigenvalue weighted by Crippen LogP contribution is -2.52. The zero-order valence-corrected chi connectivity index (χ0v) is 15.6. The van der Waals surface area contributed by atoms with Gasteiger partial charge in [-0.3, -0.25) is 4.90 Å². The number of sulfone groups is 1. The third-order valence-electron chi connectivity index (χ3n) is 5.05. The van der Waals surface area contributed by atoms with Gasteiger partial charge in [0.15, 0.2) is 9.84 Å². The van der Waals surface area contributed by atoms with Crippen LogP contribution in [0.4, 0.5) is 0 Å². The summed E-state index contributed by atoms with van der Waals surface area (Å²) in [5, 5.41) is -0.277. The Morgan fingerprint density at radius 1 is 1.24 bits per heavy atom. The largest absolute Gasteiger partial charge is 0.285 e. The Kier molecular flexibility index (Phi) is 6.78. The smallest absolute Gasteiger partial charge is 0.166 e. The van der Waals surface area contributed by atoms with Crippen LogP contribution in [0.15, 0.2) is 0 Å². The second-order valence-electron chi connectivity index (χ2n) is 6.52. The lowest BCUT2D eigenvalue weighted by molar-refractivity contribution is 0.147. The highest BCUT2D eigenvalue weighted by Gasteiger charge is 2.38. The van der Waals surface area contributed by atoms with E-state index in [-0.39, 0.29) is 16.5 Å². The summed E-state index contributed by atoms with van der Waals surface area (Å²) in [5.74, 6) is 2.93. The molecule has 0 aromatic carbocycles. The fraction of sp³-hybridized carbons (Fsp3) is 1.00. The molecule has 0 radical (unpaired) electrons. The van der Waals surface area contributed by atoms with Gasteiger partial charge >= 0.3 is 0 Å². The molecule has 2 aliphatic rings. The molecule has 2 fully saturated rings. The molecule has 0 amide bonds. The molecule has 1 aliphatic heterocycles. The summed E-state index contributed by atoms with van der Waals surface area (Å²) in [6.07, 6.45) is 7.60. The first-order chi connectivity index (χ1) is 10.0.